The molecule has 0 heterocycles. The van der Waals surface area contributed by atoms with Crippen LogP contribution in [0.1, 0.15) is 0 Å². The molecule has 6 nitrogen and oxygen atoms in total. The number of hydrogen-bond donors (Lipinski definition) is 1. The molecule has 0 bridgehead atoms. The standard InChI is InChI=1S/C14H14ClNO5S2/c1-21-13-6-4-3-5-12(13)16-23(19,20)14-9-10(22(2,17)18)7-8-11(14)15/h3-9,16H,1-2H3. The van der Waals surface area contributed by atoms with Gasteiger partial charge in [0, 0.05) is 6.26 Å². The van der Waals surface area contributed by atoms with Crippen LogP contribution in [0.2, 0.25) is 5.02 Å². The number of sulfone groups is 1. The second-order valence-electron chi connectivity index (χ2n) is 4.67. The van der Waals surface area contributed by atoms with Crippen molar-refractivity contribution in [3.63, 3.8) is 0 Å². The first-order chi connectivity index (χ1) is 10.6. The molecular formula is C14H14ClNO5S2. The summed E-state index contributed by atoms with van der Waals surface area (Å²) in [5.41, 5.74) is 0.218. The Labute approximate surface area is 140 Å². The van der Waals surface area contributed by atoms with Gasteiger partial charge in [0.05, 0.1) is 22.7 Å². The van der Waals surface area contributed by atoms with Crippen LogP contribution in [0.4, 0.5) is 5.69 Å². The fourth-order valence-electron chi connectivity index (χ4n) is 1.85. The van der Waals surface area contributed by atoms with Crippen LogP contribution in [0.25, 0.3) is 0 Å². The van der Waals surface area contributed by atoms with Crippen molar-refractivity contribution in [1.82, 2.24) is 0 Å². The number of rotatable bonds is 5. The van der Waals surface area contributed by atoms with Crippen molar-refractivity contribution in [2.24, 2.45) is 0 Å². The Balaban J connectivity index is 2.52. The van der Waals surface area contributed by atoms with E-state index in [1.54, 1.807) is 18.2 Å². The number of nitrogens with one attached hydrogen (secondary N) is 1. The average molecular weight is 376 g/mol. The quantitative estimate of drug-likeness (QED) is 0.867. The summed E-state index contributed by atoms with van der Waals surface area (Å²) in [6.07, 6.45) is 0.986. The van der Waals surface area contributed by atoms with Gasteiger partial charge in [0.1, 0.15) is 10.6 Å². The molecule has 0 saturated carbocycles. The van der Waals surface area contributed by atoms with Crippen molar-refractivity contribution in [3.05, 3.63) is 47.5 Å². The molecule has 0 amide bonds. The number of methoxy groups -OCH3 is 1. The maximum Gasteiger partial charge on any atom is 0.263 e. The van der Waals surface area contributed by atoms with Gasteiger partial charge in [-0.2, -0.15) is 0 Å². The molecule has 0 radical (unpaired) electrons. The molecular weight excluding hydrogens is 362 g/mol. The first kappa shape index (κ1) is 17.6. The van der Waals surface area contributed by atoms with Crippen LogP contribution < -0.4 is 9.46 Å². The third-order valence-corrected chi connectivity index (χ3v) is 5.93. The first-order valence-corrected chi connectivity index (χ1v) is 10.1. The second-order valence-corrected chi connectivity index (χ2v) is 8.74. The Kier molecular flexibility index (Phi) is 4.88. The fraction of sp³-hybridized carbons (Fsp3) is 0.143. The van der Waals surface area contributed by atoms with E-state index >= 15 is 0 Å². The predicted octanol–water partition coefficient (Wildman–Crippen LogP) is 2.55. The largest absolute Gasteiger partial charge is 0.495 e. The van der Waals surface area contributed by atoms with Crippen molar-refractivity contribution in [1.29, 1.82) is 0 Å². The van der Waals surface area contributed by atoms with E-state index in [0.29, 0.717) is 5.75 Å². The Morgan fingerprint density at radius 2 is 1.70 bits per heavy atom. The highest BCUT2D eigenvalue weighted by atomic mass is 35.5. The van der Waals surface area contributed by atoms with Crippen LogP contribution in [0.3, 0.4) is 0 Å². The summed E-state index contributed by atoms with van der Waals surface area (Å²) in [7, 11) is -6.24. The third kappa shape index (κ3) is 3.95. The Morgan fingerprint density at radius 1 is 1.04 bits per heavy atom. The molecule has 0 aliphatic rings. The van der Waals surface area contributed by atoms with Crippen LogP contribution in [0.5, 0.6) is 5.75 Å². The second kappa shape index (κ2) is 6.38. The molecule has 0 atom stereocenters. The van der Waals surface area contributed by atoms with Crippen LogP contribution in [-0.2, 0) is 19.9 Å². The Morgan fingerprint density at radius 3 is 2.30 bits per heavy atom. The molecule has 0 aliphatic heterocycles. The topological polar surface area (TPSA) is 89.5 Å². The third-order valence-electron chi connectivity index (χ3n) is 2.97. The number of ether oxygens (including phenoxy) is 1. The van der Waals surface area contributed by atoms with Gasteiger partial charge in [0.2, 0.25) is 0 Å². The highest BCUT2D eigenvalue weighted by Crippen LogP contribution is 2.30. The summed E-state index contributed by atoms with van der Waals surface area (Å²) in [6.45, 7) is 0. The van der Waals surface area contributed by atoms with Crippen LogP contribution in [0, 0.1) is 0 Å². The molecule has 2 aromatic carbocycles. The molecule has 2 rings (SSSR count). The van der Waals surface area contributed by atoms with Crippen LogP contribution >= 0.6 is 11.6 Å². The van der Waals surface area contributed by atoms with Gasteiger partial charge in [-0.1, -0.05) is 23.7 Å². The van der Waals surface area contributed by atoms with Crippen molar-refractivity contribution in [3.8, 4) is 5.75 Å². The van der Waals surface area contributed by atoms with E-state index in [0.717, 1.165) is 12.3 Å². The predicted molar refractivity (Wildman–Crippen MR) is 88.4 cm³/mol. The lowest BCUT2D eigenvalue weighted by atomic mass is 10.3. The number of hydrogen-bond acceptors (Lipinski definition) is 5. The van der Waals surface area contributed by atoms with Crippen molar-refractivity contribution >= 4 is 37.1 Å². The highest BCUT2D eigenvalue weighted by Gasteiger charge is 2.22. The van der Waals surface area contributed by atoms with E-state index in [4.69, 9.17) is 16.3 Å². The highest BCUT2D eigenvalue weighted by molar-refractivity contribution is 7.93. The molecule has 9 heteroatoms. The van der Waals surface area contributed by atoms with E-state index < -0.39 is 19.9 Å². The van der Waals surface area contributed by atoms with Gasteiger partial charge in [0.15, 0.2) is 9.84 Å². The molecule has 2 aromatic rings. The fourth-order valence-corrected chi connectivity index (χ4v) is 4.17. The Bertz CT molecular complexity index is 939. The SMILES string of the molecule is COc1ccccc1NS(=O)(=O)c1cc(S(C)(=O)=O)ccc1Cl. The minimum atomic E-state index is -4.09. The summed E-state index contributed by atoms with van der Waals surface area (Å²) < 4.78 is 55.7. The van der Waals surface area contributed by atoms with Crippen LogP contribution in [-0.4, -0.2) is 30.2 Å². The van der Waals surface area contributed by atoms with Gasteiger partial charge < -0.3 is 4.74 Å². The zero-order valence-electron chi connectivity index (χ0n) is 12.3. The van der Waals surface area contributed by atoms with Crippen molar-refractivity contribution in [2.45, 2.75) is 9.79 Å². The zero-order chi connectivity index (χ0) is 17.3. The van der Waals surface area contributed by atoms with E-state index in [2.05, 4.69) is 4.72 Å². The number of anilines is 1. The Hall–Kier alpha value is -1.77. The maximum absolute atomic E-state index is 12.5. The smallest absolute Gasteiger partial charge is 0.263 e. The van der Waals surface area contributed by atoms with Gasteiger partial charge in [-0.05, 0) is 30.3 Å². The number of sulfonamides is 1. The lowest BCUT2D eigenvalue weighted by molar-refractivity contribution is 0.417. The van der Waals surface area contributed by atoms with Gasteiger partial charge >= 0.3 is 0 Å². The van der Waals surface area contributed by atoms with E-state index in [1.165, 1.54) is 25.3 Å². The van der Waals surface area contributed by atoms with Crippen LogP contribution in [0.15, 0.2) is 52.3 Å². The molecule has 0 aromatic heterocycles. The number of benzene rings is 2. The van der Waals surface area contributed by atoms with Gasteiger partial charge in [-0.15, -0.1) is 0 Å². The molecule has 124 valence electrons. The first-order valence-electron chi connectivity index (χ1n) is 6.30. The average Bonchev–Trinajstić information content (AvgIpc) is 2.46. The van der Waals surface area contributed by atoms with Crippen molar-refractivity contribution < 1.29 is 21.6 Å². The summed E-state index contributed by atoms with van der Waals surface area (Å²) in [4.78, 5) is -0.463. The van der Waals surface area contributed by atoms with Gasteiger partial charge in [0.25, 0.3) is 10.0 Å². The monoisotopic (exact) mass is 375 g/mol. The number of para-hydroxylation sites is 2. The molecule has 1 N–H and O–H groups in total. The molecule has 0 aliphatic carbocycles. The summed E-state index contributed by atoms with van der Waals surface area (Å²) >= 11 is 5.93. The molecule has 0 fully saturated rings. The molecule has 23 heavy (non-hydrogen) atoms. The minimum Gasteiger partial charge on any atom is -0.495 e. The maximum atomic E-state index is 12.5. The van der Waals surface area contributed by atoms with Gasteiger partial charge in [-0.3, -0.25) is 4.72 Å². The lowest BCUT2D eigenvalue weighted by Crippen LogP contribution is -2.15. The van der Waals surface area contributed by atoms with E-state index in [1.807, 2.05) is 0 Å². The summed E-state index contributed by atoms with van der Waals surface area (Å²) in [5.74, 6) is 0.325. The van der Waals surface area contributed by atoms with E-state index in [9.17, 15) is 16.8 Å². The molecule has 0 unspecified atom stereocenters. The molecule has 0 spiro atoms. The normalized spacial score (nSPS) is 12.0. The van der Waals surface area contributed by atoms with E-state index in [-0.39, 0.29) is 20.5 Å². The summed E-state index contributed by atoms with van der Waals surface area (Å²) in [5, 5.41) is -0.0835. The lowest BCUT2D eigenvalue weighted by Gasteiger charge is -2.13. The zero-order valence-corrected chi connectivity index (χ0v) is 14.7. The molecule has 0 saturated heterocycles. The number of halogens is 1. The van der Waals surface area contributed by atoms with Gasteiger partial charge in [-0.25, -0.2) is 16.8 Å². The van der Waals surface area contributed by atoms with Crippen molar-refractivity contribution in [2.75, 3.05) is 18.1 Å². The minimum absolute atomic E-state index is 0.0835. The summed E-state index contributed by atoms with van der Waals surface area (Å²) in [6, 6.07) is 9.93.